The first-order chi connectivity index (χ1) is 7.13. The molecule has 1 rings (SSSR count). The summed E-state index contributed by atoms with van der Waals surface area (Å²) in [4.78, 5) is 0. The summed E-state index contributed by atoms with van der Waals surface area (Å²) in [7, 11) is 0. The number of aliphatic hydroxyl groups is 1. The van der Waals surface area contributed by atoms with E-state index < -0.39 is 0 Å². The highest BCUT2D eigenvalue weighted by molar-refractivity contribution is 6.31. The zero-order valence-electron chi connectivity index (χ0n) is 9.26. The van der Waals surface area contributed by atoms with Crippen LogP contribution in [0.5, 0.6) is 0 Å². The smallest absolute Gasteiger partial charge is 0.0445 e. The number of rotatable bonds is 5. The number of aryl methyl sites for hydroxylation is 1. The molecule has 0 saturated carbocycles. The molecule has 0 fully saturated rings. The fraction of sp³-hybridized carbons (Fsp3) is 0.500. The third-order valence-electron chi connectivity index (χ3n) is 2.45. The zero-order chi connectivity index (χ0) is 11.3. The molecule has 2 N–H and O–H groups in total. The molecule has 0 aliphatic carbocycles. The van der Waals surface area contributed by atoms with E-state index in [4.69, 9.17) is 16.7 Å². The lowest BCUT2D eigenvalue weighted by molar-refractivity contribution is 0.268. The highest BCUT2D eigenvalue weighted by Crippen LogP contribution is 2.16. The van der Waals surface area contributed by atoms with E-state index in [1.165, 1.54) is 5.56 Å². The summed E-state index contributed by atoms with van der Waals surface area (Å²) in [6.07, 6.45) is 0.777. The summed E-state index contributed by atoms with van der Waals surface area (Å²) in [5.74, 6) is 0. The van der Waals surface area contributed by atoms with Gasteiger partial charge in [0.25, 0.3) is 0 Å². The van der Waals surface area contributed by atoms with E-state index in [0.29, 0.717) is 6.04 Å². The Labute approximate surface area is 96.3 Å². The van der Waals surface area contributed by atoms with Crippen LogP contribution in [0.3, 0.4) is 0 Å². The van der Waals surface area contributed by atoms with E-state index in [-0.39, 0.29) is 6.61 Å². The van der Waals surface area contributed by atoms with E-state index in [9.17, 15) is 0 Å². The predicted molar refractivity (Wildman–Crippen MR) is 64.2 cm³/mol. The Morgan fingerprint density at radius 2 is 2.20 bits per heavy atom. The summed E-state index contributed by atoms with van der Waals surface area (Å²) in [6.45, 7) is 5.07. The molecule has 0 heterocycles. The first-order valence-electron chi connectivity index (χ1n) is 5.22. The topological polar surface area (TPSA) is 32.3 Å². The van der Waals surface area contributed by atoms with Crippen LogP contribution in [0, 0.1) is 6.92 Å². The van der Waals surface area contributed by atoms with Gasteiger partial charge in [-0.05, 0) is 37.5 Å². The van der Waals surface area contributed by atoms with Gasteiger partial charge in [-0.3, -0.25) is 0 Å². The van der Waals surface area contributed by atoms with Crippen molar-refractivity contribution in [3.63, 3.8) is 0 Å². The molecule has 0 bridgehead atoms. The van der Waals surface area contributed by atoms with Crippen LogP contribution in [0.2, 0.25) is 5.02 Å². The monoisotopic (exact) mass is 227 g/mol. The van der Waals surface area contributed by atoms with Crippen LogP contribution in [-0.2, 0) is 6.54 Å². The first kappa shape index (κ1) is 12.5. The Morgan fingerprint density at radius 1 is 1.47 bits per heavy atom. The molecule has 0 saturated heterocycles. The molecule has 0 unspecified atom stereocenters. The zero-order valence-corrected chi connectivity index (χ0v) is 10.0. The van der Waals surface area contributed by atoms with Crippen molar-refractivity contribution < 1.29 is 5.11 Å². The van der Waals surface area contributed by atoms with Crippen molar-refractivity contribution in [1.82, 2.24) is 5.32 Å². The van der Waals surface area contributed by atoms with E-state index in [0.717, 1.165) is 23.6 Å². The van der Waals surface area contributed by atoms with Gasteiger partial charge < -0.3 is 10.4 Å². The summed E-state index contributed by atoms with van der Waals surface area (Å²) in [5, 5.41) is 12.9. The van der Waals surface area contributed by atoms with Gasteiger partial charge in [0.15, 0.2) is 0 Å². The average Bonchev–Trinajstić information content (AvgIpc) is 2.20. The van der Waals surface area contributed by atoms with Crippen molar-refractivity contribution >= 4 is 11.6 Å². The van der Waals surface area contributed by atoms with Crippen molar-refractivity contribution in [3.8, 4) is 0 Å². The quantitative estimate of drug-likeness (QED) is 0.810. The molecule has 0 spiro atoms. The van der Waals surface area contributed by atoms with Gasteiger partial charge in [0.1, 0.15) is 0 Å². The van der Waals surface area contributed by atoms with Gasteiger partial charge >= 0.3 is 0 Å². The number of benzene rings is 1. The first-order valence-corrected chi connectivity index (χ1v) is 5.60. The van der Waals surface area contributed by atoms with Crippen LogP contribution in [0.1, 0.15) is 24.5 Å². The molecule has 1 aromatic carbocycles. The van der Waals surface area contributed by atoms with Gasteiger partial charge in [0.2, 0.25) is 0 Å². The van der Waals surface area contributed by atoms with Gasteiger partial charge in [0.05, 0.1) is 0 Å². The van der Waals surface area contributed by atoms with Crippen LogP contribution >= 0.6 is 11.6 Å². The Morgan fingerprint density at radius 3 is 2.80 bits per heavy atom. The molecule has 0 aliphatic rings. The molecule has 3 heteroatoms. The molecular formula is C12H18ClNO. The molecule has 1 atom stereocenters. The third kappa shape index (κ3) is 4.20. The number of nitrogens with one attached hydrogen (secondary N) is 1. The minimum Gasteiger partial charge on any atom is -0.396 e. The highest BCUT2D eigenvalue weighted by Gasteiger charge is 2.01. The minimum atomic E-state index is 0.225. The number of hydrogen-bond acceptors (Lipinski definition) is 2. The molecule has 0 amide bonds. The van der Waals surface area contributed by atoms with Gasteiger partial charge in [0, 0.05) is 24.2 Å². The Balaban J connectivity index is 2.47. The molecule has 2 nitrogen and oxygen atoms in total. The molecule has 1 aromatic rings. The largest absolute Gasteiger partial charge is 0.396 e. The fourth-order valence-electron chi connectivity index (χ4n) is 1.33. The molecule has 84 valence electrons. The van der Waals surface area contributed by atoms with E-state index in [2.05, 4.69) is 18.3 Å². The van der Waals surface area contributed by atoms with E-state index >= 15 is 0 Å². The summed E-state index contributed by atoms with van der Waals surface area (Å²) in [6, 6.07) is 6.40. The summed E-state index contributed by atoms with van der Waals surface area (Å²) >= 11 is 6.02. The average molecular weight is 228 g/mol. The minimum absolute atomic E-state index is 0.225. The summed E-state index contributed by atoms with van der Waals surface area (Å²) < 4.78 is 0. The fourth-order valence-corrected chi connectivity index (χ4v) is 1.54. The third-order valence-corrected chi connectivity index (χ3v) is 2.86. The number of halogens is 1. The maximum Gasteiger partial charge on any atom is 0.0445 e. The lowest BCUT2D eigenvalue weighted by Crippen LogP contribution is -2.26. The molecule has 0 aliphatic heterocycles. The number of aliphatic hydroxyl groups excluding tert-OH is 1. The van der Waals surface area contributed by atoms with Crippen molar-refractivity contribution in [2.45, 2.75) is 32.9 Å². The SMILES string of the molecule is Cc1ccc(CN[C@H](C)CCO)cc1Cl. The van der Waals surface area contributed by atoms with Gasteiger partial charge in [-0.15, -0.1) is 0 Å². The molecule has 0 aromatic heterocycles. The van der Waals surface area contributed by atoms with Crippen molar-refractivity contribution in [2.75, 3.05) is 6.61 Å². The van der Waals surface area contributed by atoms with Crippen molar-refractivity contribution in [2.24, 2.45) is 0 Å². The highest BCUT2D eigenvalue weighted by atomic mass is 35.5. The van der Waals surface area contributed by atoms with Crippen LogP contribution in [0.15, 0.2) is 18.2 Å². The Bertz CT molecular complexity index is 314. The van der Waals surface area contributed by atoms with Gasteiger partial charge in [-0.25, -0.2) is 0 Å². The predicted octanol–water partition coefficient (Wildman–Crippen LogP) is 2.51. The standard InChI is InChI=1S/C12H18ClNO/c1-9-3-4-11(7-12(9)13)8-14-10(2)5-6-15/h3-4,7,10,14-15H,5-6,8H2,1-2H3/t10-/m1/s1. The lowest BCUT2D eigenvalue weighted by Gasteiger charge is -2.12. The van der Waals surface area contributed by atoms with Crippen molar-refractivity contribution in [3.05, 3.63) is 34.3 Å². The Hall–Kier alpha value is -0.570. The second kappa shape index (κ2) is 6.11. The Kier molecular flexibility index (Phi) is 5.09. The van der Waals surface area contributed by atoms with Crippen LogP contribution in [-0.4, -0.2) is 17.8 Å². The lowest BCUT2D eigenvalue weighted by atomic mass is 10.1. The normalized spacial score (nSPS) is 12.8. The maximum atomic E-state index is 8.75. The van der Waals surface area contributed by atoms with Crippen LogP contribution < -0.4 is 5.32 Å². The van der Waals surface area contributed by atoms with Crippen LogP contribution in [0.25, 0.3) is 0 Å². The van der Waals surface area contributed by atoms with Crippen LogP contribution in [0.4, 0.5) is 0 Å². The number of hydrogen-bond donors (Lipinski definition) is 2. The molecular weight excluding hydrogens is 210 g/mol. The van der Waals surface area contributed by atoms with E-state index in [1.54, 1.807) is 0 Å². The summed E-state index contributed by atoms with van der Waals surface area (Å²) in [5.41, 5.74) is 2.28. The molecule has 15 heavy (non-hydrogen) atoms. The second-order valence-electron chi connectivity index (χ2n) is 3.88. The van der Waals surface area contributed by atoms with Gasteiger partial charge in [-0.1, -0.05) is 23.7 Å². The maximum absolute atomic E-state index is 8.75. The second-order valence-corrected chi connectivity index (χ2v) is 4.28. The van der Waals surface area contributed by atoms with Gasteiger partial charge in [-0.2, -0.15) is 0 Å². The van der Waals surface area contributed by atoms with Crippen molar-refractivity contribution in [1.29, 1.82) is 0 Å². The van der Waals surface area contributed by atoms with E-state index in [1.807, 2.05) is 19.1 Å². The molecule has 0 radical (unpaired) electrons.